The molecule has 0 spiro atoms. The van der Waals surface area contributed by atoms with Crippen LogP contribution in [-0.2, 0) is 4.79 Å². The van der Waals surface area contributed by atoms with Crippen LogP contribution >= 0.6 is 0 Å². The molecule has 2 aliphatic heterocycles. The van der Waals surface area contributed by atoms with Crippen molar-refractivity contribution >= 4 is 5.97 Å². The van der Waals surface area contributed by atoms with Crippen LogP contribution in [0.15, 0.2) is 0 Å². The first-order valence-electron chi connectivity index (χ1n) is 5.43. The summed E-state index contributed by atoms with van der Waals surface area (Å²) in [4.78, 5) is 12.7. The van der Waals surface area contributed by atoms with E-state index in [2.05, 4.69) is 10.2 Å². The van der Waals surface area contributed by atoms with E-state index in [-0.39, 0.29) is 6.42 Å². The maximum Gasteiger partial charge on any atom is 0.304 e. The highest BCUT2D eigenvalue weighted by Gasteiger charge is 2.33. The van der Waals surface area contributed by atoms with Crippen LogP contribution < -0.4 is 5.32 Å². The zero-order valence-corrected chi connectivity index (χ0v) is 8.41. The Balaban J connectivity index is 1.78. The van der Waals surface area contributed by atoms with Crippen molar-refractivity contribution in [3.05, 3.63) is 0 Å². The molecule has 2 saturated heterocycles. The van der Waals surface area contributed by atoms with Gasteiger partial charge in [-0.25, -0.2) is 0 Å². The molecule has 0 aromatic carbocycles. The van der Waals surface area contributed by atoms with Gasteiger partial charge in [-0.1, -0.05) is 0 Å². The minimum absolute atomic E-state index is 0.277. The zero-order valence-electron chi connectivity index (χ0n) is 8.41. The van der Waals surface area contributed by atoms with E-state index in [1.807, 2.05) is 0 Å². The highest BCUT2D eigenvalue weighted by molar-refractivity contribution is 5.66. The third-order valence-electron chi connectivity index (χ3n) is 3.32. The van der Waals surface area contributed by atoms with E-state index in [1.54, 1.807) is 0 Å². The Morgan fingerprint density at radius 1 is 1.50 bits per heavy atom. The minimum Gasteiger partial charge on any atom is -0.481 e. The largest absolute Gasteiger partial charge is 0.481 e. The van der Waals surface area contributed by atoms with Gasteiger partial charge in [0.1, 0.15) is 0 Å². The maximum absolute atomic E-state index is 10.4. The van der Waals surface area contributed by atoms with Crippen molar-refractivity contribution in [2.45, 2.75) is 25.3 Å². The summed E-state index contributed by atoms with van der Waals surface area (Å²) in [7, 11) is 0. The monoisotopic (exact) mass is 198 g/mol. The number of fused-ring (bicyclic) bond motifs is 1. The van der Waals surface area contributed by atoms with E-state index in [1.165, 1.54) is 12.8 Å². The molecule has 80 valence electrons. The predicted molar refractivity (Wildman–Crippen MR) is 53.2 cm³/mol. The van der Waals surface area contributed by atoms with Crippen LogP contribution in [0.4, 0.5) is 0 Å². The van der Waals surface area contributed by atoms with E-state index in [4.69, 9.17) is 5.11 Å². The Bertz CT molecular complexity index is 206. The summed E-state index contributed by atoms with van der Waals surface area (Å²) < 4.78 is 0. The van der Waals surface area contributed by atoms with Crippen LogP contribution in [0.25, 0.3) is 0 Å². The number of carboxylic acid groups (broad SMARTS) is 1. The molecular formula is C10H18N2O2. The van der Waals surface area contributed by atoms with Crippen molar-refractivity contribution in [2.75, 3.05) is 26.2 Å². The molecule has 2 heterocycles. The molecule has 2 rings (SSSR count). The van der Waals surface area contributed by atoms with Crippen molar-refractivity contribution in [3.8, 4) is 0 Å². The van der Waals surface area contributed by atoms with Crippen LogP contribution in [0.3, 0.4) is 0 Å². The van der Waals surface area contributed by atoms with E-state index >= 15 is 0 Å². The van der Waals surface area contributed by atoms with Gasteiger partial charge in [0.05, 0.1) is 6.42 Å². The lowest BCUT2D eigenvalue weighted by Gasteiger charge is -2.24. The summed E-state index contributed by atoms with van der Waals surface area (Å²) in [6, 6.07) is 0.623. The summed E-state index contributed by atoms with van der Waals surface area (Å²) in [6.07, 6.45) is 2.86. The van der Waals surface area contributed by atoms with E-state index in [0.717, 1.165) is 25.6 Å². The van der Waals surface area contributed by atoms with Gasteiger partial charge in [-0.3, -0.25) is 4.79 Å². The third-order valence-corrected chi connectivity index (χ3v) is 3.32. The molecule has 0 unspecified atom stereocenters. The highest BCUT2D eigenvalue weighted by Crippen LogP contribution is 2.24. The van der Waals surface area contributed by atoms with E-state index in [0.29, 0.717) is 12.6 Å². The van der Waals surface area contributed by atoms with E-state index < -0.39 is 5.97 Å². The van der Waals surface area contributed by atoms with Crippen LogP contribution in [-0.4, -0.2) is 48.2 Å². The predicted octanol–water partition coefficient (Wildman–Crippen LogP) is 0.145. The second-order valence-electron chi connectivity index (χ2n) is 4.37. The maximum atomic E-state index is 10.4. The van der Waals surface area contributed by atoms with Gasteiger partial charge in [-0.05, 0) is 25.3 Å². The third kappa shape index (κ3) is 2.25. The molecule has 0 amide bonds. The van der Waals surface area contributed by atoms with Gasteiger partial charge < -0.3 is 15.3 Å². The van der Waals surface area contributed by atoms with Crippen LogP contribution in [0.5, 0.6) is 0 Å². The molecule has 0 radical (unpaired) electrons. The fraction of sp³-hybridized carbons (Fsp3) is 0.900. The zero-order chi connectivity index (χ0) is 9.97. The minimum atomic E-state index is -0.687. The summed E-state index contributed by atoms with van der Waals surface area (Å²) in [5, 5.41) is 12.1. The standard InChI is InChI=1S/C10H18N2O2/c13-10(14)3-5-12-6-8-2-1-4-11-9(8)7-12/h8-9,11H,1-7H2,(H,13,14)/t8-,9+/m0/s1. The van der Waals surface area contributed by atoms with Gasteiger partial charge in [0.25, 0.3) is 0 Å². The van der Waals surface area contributed by atoms with E-state index in [9.17, 15) is 4.79 Å². The number of rotatable bonds is 3. The lowest BCUT2D eigenvalue weighted by Crippen LogP contribution is -2.40. The molecule has 2 N–H and O–H groups in total. The molecule has 2 atom stereocenters. The Labute approximate surface area is 84.3 Å². The molecule has 14 heavy (non-hydrogen) atoms. The first kappa shape index (κ1) is 9.93. The average molecular weight is 198 g/mol. The Morgan fingerprint density at radius 2 is 2.36 bits per heavy atom. The lowest BCUT2D eigenvalue weighted by molar-refractivity contribution is -0.137. The van der Waals surface area contributed by atoms with Crippen molar-refractivity contribution in [2.24, 2.45) is 5.92 Å². The van der Waals surface area contributed by atoms with Gasteiger partial charge in [0.2, 0.25) is 0 Å². The first-order chi connectivity index (χ1) is 6.75. The molecule has 0 aromatic rings. The molecular weight excluding hydrogens is 180 g/mol. The number of nitrogens with zero attached hydrogens (tertiary/aromatic N) is 1. The van der Waals surface area contributed by atoms with Gasteiger partial charge in [-0.15, -0.1) is 0 Å². The van der Waals surface area contributed by atoms with Crippen LogP contribution in [0.1, 0.15) is 19.3 Å². The first-order valence-corrected chi connectivity index (χ1v) is 5.43. The molecule has 4 nitrogen and oxygen atoms in total. The molecule has 2 fully saturated rings. The van der Waals surface area contributed by atoms with Crippen molar-refractivity contribution < 1.29 is 9.90 Å². The number of hydrogen-bond donors (Lipinski definition) is 2. The smallest absolute Gasteiger partial charge is 0.304 e. The molecule has 0 aliphatic carbocycles. The number of nitrogens with one attached hydrogen (secondary N) is 1. The summed E-state index contributed by atoms with van der Waals surface area (Å²) in [5.74, 6) is 0.0744. The van der Waals surface area contributed by atoms with Gasteiger partial charge in [0.15, 0.2) is 0 Å². The Morgan fingerprint density at radius 3 is 3.07 bits per heavy atom. The molecule has 4 heteroatoms. The normalized spacial score (nSPS) is 32.9. The number of aliphatic carboxylic acids is 1. The Kier molecular flexibility index (Phi) is 3.03. The second-order valence-corrected chi connectivity index (χ2v) is 4.37. The fourth-order valence-electron chi connectivity index (χ4n) is 2.57. The summed E-state index contributed by atoms with van der Waals surface area (Å²) >= 11 is 0. The van der Waals surface area contributed by atoms with Gasteiger partial charge >= 0.3 is 5.97 Å². The number of carbonyl (C=O) groups is 1. The Hall–Kier alpha value is -0.610. The lowest BCUT2D eigenvalue weighted by atomic mass is 9.94. The number of hydrogen-bond acceptors (Lipinski definition) is 3. The summed E-state index contributed by atoms with van der Waals surface area (Å²) in [6.45, 7) is 3.97. The quantitative estimate of drug-likeness (QED) is 0.677. The molecule has 2 aliphatic rings. The summed E-state index contributed by atoms with van der Waals surface area (Å²) in [5.41, 5.74) is 0. The fourth-order valence-corrected chi connectivity index (χ4v) is 2.57. The van der Waals surface area contributed by atoms with Crippen molar-refractivity contribution in [1.29, 1.82) is 0 Å². The molecule has 0 saturated carbocycles. The number of carboxylic acids is 1. The van der Waals surface area contributed by atoms with Gasteiger partial charge in [-0.2, -0.15) is 0 Å². The second kappa shape index (κ2) is 4.28. The highest BCUT2D eigenvalue weighted by atomic mass is 16.4. The molecule has 0 aromatic heterocycles. The average Bonchev–Trinajstić information content (AvgIpc) is 2.57. The number of piperidine rings is 1. The van der Waals surface area contributed by atoms with Crippen molar-refractivity contribution in [1.82, 2.24) is 10.2 Å². The van der Waals surface area contributed by atoms with Crippen LogP contribution in [0, 0.1) is 5.92 Å². The SMILES string of the molecule is O=C(O)CCN1C[C@@H]2CCCN[C@@H]2C1. The van der Waals surface area contributed by atoms with Crippen LogP contribution in [0.2, 0.25) is 0 Å². The van der Waals surface area contributed by atoms with Gasteiger partial charge in [0, 0.05) is 25.7 Å². The van der Waals surface area contributed by atoms with Crippen molar-refractivity contribution in [3.63, 3.8) is 0 Å². The number of likely N-dealkylation sites (tertiary alicyclic amines) is 1. The molecule has 0 bridgehead atoms. The topological polar surface area (TPSA) is 52.6 Å².